The molecule has 4 rings (SSSR count). The minimum Gasteiger partial charge on any atom is -0.508 e. The first-order chi connectivity index (χ1) is 17.9. The maximum atomic E-state index is 12.1. The number of aryl methyl sites for hydroxylation is 1. The van der Waals surface area contributed by atoms with Crippen molar-refractivity contribution in [2.45, 2.75) is 129 Å². The number of hydrogen-bond acceptors (Lipinski definition) is 4. The van der Waals surface area contributed by atoms with E-state index in [9.17, 15) is 15.0 Å². The van der Waals surface area contributed by atoms with Gasteiger partial charge in [0.05, 0.1) is 18.6 Å². The molecule has 1 aromatic rings. The number of unbranched alkanes of at least 4 members (excludes halogenated alkanes) is 5. The lowest BCUT2D eigenvalue weighted by atomic mass is 9.51. The normalized spacial score (nSPS) is 31.3. The monoisotopic (exact) mass is 512 g/mol. The number of phenols is 1. The van der Waals surface area contributed by atoms with Gasteiger partial charge in [0.1, 0.15) is 5.75 Å². The zero-order chi connectivity index (χ0) is 26.4. The topological polar surface area (TPSA) is 66.8 Å². The van der Waals surface area contributed by atoms with Gasteiger partial charge in [0.15, 0.2) is 0 Å². The van der Waals surface area contributed by atoms with Gasteiger partial charge in [0.2, 0.25) is 0 Å². The van der Waals surface area contributed by atoms with E-state index in [0.717, 1.165) is 44.9 Å². The molecule has 3 aliphatic carbocycles. The Balaban J connectivity index is 1.28. The number of esters is 1. The van der Waals surface area contributed by atoms with E-state index in [4.69, 9.17) is 4.74 Å². The van der Waals surface area contributed by atoms with E-state index in [1.54, 1.807) is 0 Å². The van der Waals surface area contributed by atoms with Crippen LogP contribution in [0.1, 0.15) is 128 Å². The van der Waals surface area contributed by atoms with Gasteiger partial charge in [-0.15, -0.1) is 0 Å². The number of aromatic hydroxyl groups is 1. The second-order valence-electron chi connectivity index (χ2n) is 12.7. The second-order valence-corrected chi connectivity index (χ2v) is 12.7. The van der Waals surface area contributed by atoms with E-state index in [2.05, 4.69) is 19.9 Å². The van der Waals surface area contributed by atoms with Crippen molar-refractivity contribution in [3.63, 3.8) is 0 Å². The number of aliphatic hydroxyl groups excluding tert-OH is 1. The first kappa shape index (κ1) is 28.5. The van der Waals surface area contributed by atoms with Gasteiger partial charge >= 0.3 is 5.97 Å². The minimum absolute atomic E-state index is 0.00190. The van der Waals surface area contributed by atoms with Crippen LogP contribution in [0.5, 0.6) is 5.75 Å². The average Bonchev–Trinajstić information content (AvgIpc) is 3.18. The highest BCUT2D eigenvalue weighted by Crippen LogP contribution is 2.63. The second kappa shape index (κ2) is 13.0. The number of carbonyl (C=O) groups excluding carboxylic acids is 1. The Morgan fingerprint density at radius 2 is 1.81 bits per heavy atom. The number of aliphatic hydroxyl groups is 1. The molecule has 3 aliphatic rings. The van der Waals surface area contributed by atoms with Gasteiger partial charge in [-0.05, 0) is 111 Å². The van der Waals surface area contributed by atoms with Gasteiger partial charge in [0, 0.05) is 0 Å². The smallest absolute Gasteiger partial charge is 0.308 e. The Bertz CT molecular complexity index is 881. The van der Waals surface area contributed by atoms with Gasteiger partial charge in [-0.3, -0.25) is 4.79 Å². The van der Waals surface area contributed by atoms with Gasteiger partial charge in [0.25, 0.3) is 0 Å². The van der Waals surface area contributed by atoms with Crippen molar-refractivity contribution in [1.82, 2.24) is 0 Å². The summed E-state index contributed by atoms with van der Waals surface area (Å²) < 4.78 is 5.26. The lowest BCUT2D eigenvalue weighted by Gasteiger charge is -2.54. The highest BCUT2D eigenvalue weighted by molar-refractivity contribution is 5.72. The molecule has 208 valence electrons. The fourth-order valence-electron chi connectivity index (χ4n) is 8.62. The lowest BCUT2D eigenvalue weighted by molar-refractivity contribution is -0.148. The molecule has 0 amide bonds. The summed E-state index contributed by atoms with van der Waals surface area (Å²) in [4.78, 5) is 12.1. The highest BCUT2D eigenvalue weighted by Gasteiger charge is 2.57. The Labute approximate surface area is 225 Å². The van der Waals surface area contributed by atoms with Gasteiger partial charge in [-0.25, -0.2) is 0 Å². The molecule has 0 spiro atoms. The van der Waals surface area contributed by atoms with E-state index in [0.29, 0.717) is 36.0 Å². The van der Waals surface area contributed by atoms with E-state index >= 15 is 0 Å². The third-order valence-corrected chi connectivity index (χ3v) is 10.4. The number of ether oxygens (including phenoxy) is 1. The van der Waals surface area contributed by atoms with Crippen LogP contribution >= 0.6 is 0 Å². The Kier molecular flexibility index (Phi) is 10.00. The van der Waals surface area contributed by atoms with Crippen molar-refractivity contribution in [2.24, 2.45) is 29.1 Å². The molecule has 2 fully saturated rings. The van der Waals surface area contributed by atoms with Crippen molar-refractivity contribution in [3.8, 4) is 5.75 Å². The SMILES string of the molecule is CCCC(CCCCCCCC[C@H]1C[C@@]2(C)C(CC[C@@H]2O)C2CCc3cc(O)ccc3C21)C(=O)OCC. The summed E-state index contributed by atoms with van der Waals surface area (Å²) in [6.45, 7) is 6.90. The molecule has 37 heavy (non-hydrogen) atoms. The van der Waals surface area contributed by atoms with E-state index < -0.39 is 0 Å². The Morgan fingerprint density at radius 1 is 1.05 bits per heavy atom. The van der Waals surface area contributed by atoms with Crippen LogP contribution in [0, 0.1) is 29.1 Å². The van der Waals surface area contributed by atoms with Gasteiger partial charge < -0.3 is 14.9 Å². The molecule has 2 saturated carbocycles. The fraction of sp³-hybridized carbons (Fsp3) is 0.788. The third kappa shape index (κ3) is 6.37. The first-order valence-corrected chi connectivity index (χ1v) is 15.6. The number of fused-ring (bicyclic) bond motifs is 5. The number of benzene rings is 1. The number of phenolic OH excluding ortho intramolecular Hbond substituents is 1. The lowest BCUT2D eigenvalue weighted by Crippen LogP contribution is -2.47. The quantitative estimate of drug-likeness (QED) is 0.208. The molecule has 0 bridgehead atoms. The number of carbonyl (C=O) groups is 1. The molecule has 0 aliphatic heterocycles. The average molecular weight is 513 g/mol. The molecule has 0 aromatic heterocycles. The summed E-state index contributed by atoms with van der Waals surface area (Å²) in [5, 5.41) is 21.1. The van der Waals surface area contributed by atoms with Crippen LogP contribution in [0.15, 0.2) is 18.2 Å². The summed E-state index contributed by atoms with van der Waals surface area (Å²) in [5.41, 5.74) is 2.93. The van der Waals surface area contributed by atoms with Crippen LogP contribution < -0.4 is 0 Å². The predicted molar refractivity (Wildman–Crippen MR) is 150 cm³/mol. The first-order valence-electron chi connectivity index (χ1n) is 15.6. The summed E-state index contributed by atoms with van der Waals surface area (Å²) in [6, 6.07) is 6.11. The van der Waals surface area contributed by atoms with Gasteiger partial charge in [-0.2, -0.15) is 0 Å². The molecular weight excluding hydrogens is 460 g/mol. The van der Waals surface area contributed by atoms with E-state index in [1.165, 1.54) is 62.5 Å². The Hall–Kier alpha value is -1.55. The molecule has 4 heteroatoms. The molecule has 4 nitrogen and oxygen atoms in total. The van der Waals surface area contributed by atoms with E-state index in [1.807, 2.05) is 19.1 Å². The molecule has 1 aromatic carbocycles. The standard InChI is InChI=1S/C33H52O4/c1-4-12-23(32(36)37-5-2)13-10-8-6-7-9-11-14-25-22-33(3)29(19-20-30(33)35)28-17-15-24-21-26(34)16-18-27(24)31(25)28/h16,18,21,23,25,28-31,34-35H,4-15,17,19-20,22H2,1-3H3/t23?,25-,28?,29?,30-,31?,33-/m0/s1. The van der Waals surface area contributed by atoms with E-state index in [-0.39, 0.29) is 23.4 Å². The maximum Gasteiger partial charge on any atom is 0.308 e. The Morgan fingerprint density at radius 3 is 2.57 bits per heavy atom. The summed E-state index contributed by atoms with van der Waals surface area (Å²) in [7, 11) is 0. The van der Waals surface area contributed by atoms with Crippen LogP contribution in [0.2, 0.25) is 0 Å². The molecule has 0 radical (unpaired) electrons. The highest BCUT2D eigenvalue weighted by atomic mass is 16.5. The van der Waals surface area contributed by atoms with Crippen LogP contribution in [0.4, 0.5) is 0 Å². The van der Waals surface area contributed by atoms with Crippen LogP contribution in [0.3, 0.4) is 0 Å². The van der Waals surface area contributed by atoms with Gasteiger partial charge in [-0.1, -0.05) is 64.9 Å². The summed E-state index contributed by atoms with van der Waals surface area (Å²) in [6.07, 6.45) is 17.0. The largest absolute Gasteiger partial charge is 0.508 e. The number of hydrogen-bond donors (Lipinski definition) is 2. The zero-order valence-corrected chi connectivity index (χ0v) is 23.7. The van der Waals surface area contributed by atoms with Crippen molar-refractivity contribution >= 4 is 5.97 Å². The zero-order valence-electron chi connectivity index (χ0n) is 23.7. The fourth-order valence-corrected chi connectivity index (χ4v) is 8.62. The van der Waals surface area contributed by atoms with Crippen LogP contribution in [0.25, 0.3) is 0 Å². The molecular formula is C33H52O4. The minimum atomic E-state index is -0.145. The van der Waals surface area contributed by atoms with Crippen molar-refractivity contribution < 1.29 is 19.7 Å². The third-order valence-electron chi connectivity index (χ3n) is 10.4. The maximum absolute atomic E-state index is 12.1. The van der Waals surface area contributed by atoms with Crippen molar-refractivity contribution in [3.05, 3.63) is 29.3 Å². The van der Waals surface area contributed by atoms with Crippen molar-refractivity contribution in [2.75, 3.05) is 6.61 Å². The predicted octanol–water partition coefficient (Wildman–Crippen LogP) is 7.94. The summed E-state index contributed by atoms with van der Waals surface area (Å²) >= 11 is 0. The summed E-state index contributed by atoms with van der Waals surface area (Å²) in [5.74, 6) is 3.01. The molecule has 4 unspecified atom stereocenters. The molecule has 0 saturated heterocycles. The molecule has 0 heterocycles. The molecule has 2 N–H and O–H groups in total. The number of rotatable bonds is 13. The van der Waals surface area contributed by atoms with Crippen LogP contribution in [-0.4, -0.2) is 28.9 Å². The van der Waals surface area contributed by atoms with Crippen molar-refractivity contribution in [1.29, 1.82) is 0 Å². The van der Waals surface area contributed by atoms with Crippen LogP contribution in [-0.2, 0) is 16.0 Å². The molecule has 7 atom stereocenters.